The Morgan fingerprint density at radius 3 is 2.82 bits per heavy atom. The number of unbranched alkanes of at least 4 members (excludes halogenated alkanes) is 1. The molecular formula is C24H33N5O3S. The molecule has 1 aliphatic rings. The van der Waals surface area contributed by atoms with Crippen LogP contribution in [0.25, 0.3) is 11.2 Å². The van der Waals surface area contributed by atoms with Crippen LogP contribution in [0.2, 0.25) is 0 Å². The second-order valence-electron chi connectivity index (χ2n) is 9.23. The maximum absolute atomic E-state index is 13.2. The summed E-state index contributed by atoms with van der Waals surface area (Å²) in [6.45, 7) is 8.12. The SMILES string of the molecule is CCCCn1c(=O)[nH]c(=O)c2c1nc(CCC(=O)N1CCCC1c1cccs1)n2CC(C)C. The van der Waals surface area contributed by atoms with Crippen LogP contribution in [0.4, 0.5) is 0 Å². The van der Waals surface area contributed by atoms with Crippen LogP contribution in [-0.2, 0) is 24.3 Å². The normalized spacial score (nSPS) is 16.4. The van der Waals surface area contributed by atoms with Gasteiger partial charge in [-0.2, -0.15) is 0 Å². The molecule has 0 aromatic carbocycles. The summed E-state index contributed by atoms with van der Waals surface area (Å²) in [5.41, 5.74) is 0.0248. The van der Waals surface area contributed by atoms with E-state index >= 15 is 0 Å². The minimum absolute atomic E-state index is 0.117. The molecule has 1 fully saturated rings. The number of amides is 1. The van der Waals surface area contributed by atoms with Gasteiger partial charge in [0.05, 0.1) is 6.04 Å². The van der Waals surface area contributed by atoms with Crippen molar-refractivity contribution >= 4 is 28.4 Å². The van der Waals surface area contributed by atoms with Gasteiger partial charge in [-0.05, 0) is 36.6 Å². The first-order valence-corrected chi connectivity index (χ1v) is 12.8. The number of carbonyl (C=O) groups excluding carboxylic acids is 1. The van der Waals surface area contributed by atoms with Crippen LogP contribution in [0.1, 0.15) is 69.6 Å². The van der Waals surface area contributed by atoms with E-state index in [0.29, 0.717) is 42.9 Å². The molecule has 1 saturated heterocycles. The lowest BCUT2D eigenvalue weighted by molar-refractivity contribution is -0.132. The average molecular weight is 472 g/mol. The summed E-state index contributed by atoms with van der Waals surface area (Å²) < 4.78 is 3.48. The zero-order valence-electron chi connectivity index (χ0n) is 19.7. The summed E-state index contributed by atoms with van der Waals surface area (Å²) in [6.07, 6.45) is 4.54. The fourth-order valence-corrected chi connectivity index (χ4v) is 5.57. The number of H-pyrrole nitrogens is 1. The Hall–Kier alpha value is -2.68. The molecule has 0 aliphatic carbocycles. The summed E-state index contributed by atoms with van der Waals surface area (Å²) in [5, 5.41) is 2.06. The van der Waals surface area contributed by atoms with Crippen LogP contribution in [0.5, 0.6) is 0 Å². The van der Waals surface area contributed by atoms with E-state index in [1.807, 2.05) is 15.5 Å². The number of carbonyl (C=O) groups is 1. The largest absolute Gasteiger partial charge is 0.335 e. The first-order chi connectivity index (χ1) is 15.9. The molecule has 33 heavy (non-hydrogen) atoms. The molecule has 3 aromatic heterocycles. The Kier molecular flexibility index (Phi) is 7.17. The molecule has 8 nitrogen and oxygen atoms in total. The Morgan fingerprint density at radius 2 is 2.12 bits per heavy atom. The highest BCUT2D eigenvalue weighted by Gasteiger charge is 2.30. The van der Waals surface area contributed by atoms with E-state index in [2.05, 4.69) is 37.2 Å². The minimum Gasteiger partial charge on any atom is -0.335 e. The van der Waals surface area contributed by atoms with E-state index in [0.717, 1.165) is 32.2 Å². The Bertz CT molecular complexity index is 1220. The summed E-state index contributed by atoms with van der Waals surface area (Å²) in [4.78, 5) is 48.9. The number of aromatic amines is 1. The van der Waals surface area contributed by atoms with Crippen molar-refractivity contribution in [1.82, 2.24) is 24.0 Å². The van der Waals surface area contributed by atoms with E-state index in [1.165, 1.54) is 4.88 Å². The standard InChI is InChI=1S/C24H33N5O3S/c1-4-5-12-28-22-21(23(31)26-24(28)32)29(15-16(2)3)19(25-22)10-11-20(30)27-13-6-8-17(27)18-9-7-14-33-18/h7,9,14,16-17H,4-6,8,10-13,15H2,1-3H3,(H,26,31,32). The van der Waals surface area contributed by atoms with Gasteiger partial charge in [-0.3, -0.25) is 19.1 Å². The topological polar surface area (TPSA) is 93.0 Å². The highest BCUT2D eigenvalue weighted by atomic mass is 32.1. The van der Waals surface area contributed by atoms with Gasteiger partial charge in [0, 0.05) is 37.4 Å². The van der Waals surface area contributed by atoms with Crippen molar-refractivity contribution in [1.29, 1.82) is 0 Å². The van der Waals surface area contributed by atoms with Gasteiger partial charge in [0.25, 0.3) is 5.56 Å². The molecule has 1 aliphatic heterocycles. The lowest BCUT2D eigenvalue weighted by Crippen LogP contribution is -2.31. The zero-order chi connectivity index (χ0) is 23.5. The van der Waals surface area contributed by atoms with Gasteiger partial charge in [0.15, 0.2) is 11.2 Å². The fourth-order valence-electron chi connectivity index (χ4n) is 4.70. The number of aromatic nitrogens is 4. The lowest BCUT2D eigenvalue weighted by Gasteiger charge is -2.24. The third-order valence-corrected chi connectivity index (χ3v) is 7.23. The van der Waals surface area contributed by atoms with Gasteiger partial charge in [-0.1, -0.05) is 33.3 Å². The van der Waals surface area contributed by atoms with Gasteiger partial charge < -0.3 is 9.47 Å². The maximum Gasteiger partial charge on any atom is 0.330 e. The van der Waals surface area contributed by atoms with E-state index in [1.54, 1.807) is 15.9 Å². The smallest absolute Gasteiger partial charge is 0.330 e. The zero-order valence-corrected chi connectivity index (χ0v) is 20.5. The van der Waals surface area contributed by atoms with Gasteiger partial charge in [-0.15, -0.1) is 11.3 Å². The monoisotopic (exact) mass is 471 g/mol. The molecule has 0 radical (unpaired) electrons. The molecule has 1 unspecified atom stereocenters. The van der Waals surface area contributed by atoms with Gasteiger partial charge in [0.2, 0.25) is 5.91 Å². The number of imidazole rings is 1. The number of likely N-dealkylation sites (tertiary alicyclic amines) is 1. The maximum atomic E-state index is 13.2. The number of aryl methyl sites for hydroxylation is 2. The third-order valence-electron chi connectivity index (χ3n) is 6.25. The Labute approximate surface area is 197 Å². The van der Waals surface area contributed by atoms with Crippen LogP contribution < -0.4 is 11.2 Å². The first kappa shape index (κ1) is 23.5. The lowest BCUT2D eigenvalue weighted by atomic mass is 10.1. The fraction of sp³-hybridized carbons (Fsp3) is 0.583. The molecule has 9 heteroatoms. The number of nitrogens with zero attached hydrogens (tertiary/aromatic N) is 4. The second-order valence-corrected chi connectivity index (χ2v) is 10.2. The Balaban J connectivity index is 1.64. The quantitative estimate of drug-likeness (QED) is 0.515. The second kappa shape index (κ2) is 10.1. The molecule has 3 aromatic rings. The van der Waals surface area contributed by atoms with Crippen molar-refractivity contribution < 1.29 is 4.79 Å². The predicted molar refractivity (Wildman–Crippen MR) is 131 cm³/mol. The summed E-state index contributed by atoms with van der Waals surface area (Å²) in [5.74, 6) is 1.10. The molecule has 178 valence electrons. The van der Waals surface area contributed by atoms with E-state index in [9.17, 15) is 14.4 Å². The predicted octanol–water partition coefficient (Wildman–Crippen LogP) is 3.70. The molecule has 0 bridgehead atoms. The number of thiophene rings is 1. The number of rotatable bonds is 9. The number of fused-ring (bicyclic) bond motifs is 1. The minimum atomic E-state index is -0.423. The van der Waals surface area contributed by atoms with Crippen molar-refractivity contribution in [2.24, 2.45) is 5.92 Å². The average Bonchev–Trinajstić information content (AvgIpc) is 3.51. The van der Waals surface area contributed by atoms with Crippen molar-refractivity contribution in [2.75, 3.05) is 6.54 Å². The highest BCUT2D eigenvalue weighted by Crippen LogP contribution is 2.35. The summed E-state index contributed by atoms with van der Waals surface area (Å²) in [7, 11) is 0. The third kappa shape index (κ3) is 4.83. The molecule has 0 saturated carbocycles. The Morgan fingerprint density at radius 1 is 1.30 bits per heavy atom. The van der Waals surface area contributed by atoms with Gasteiger partial charge in [-0.25, -0.2) is 9.78 Å². The highest BCUT2D eigenvalue weighted by molar-refractivity contribution is 7.10. The molecule has 4 rings (SSSR count). The number of hydrogen-bond acceptors (Lipinski definition) is 5. The van der Waals surface area contributed by atoms with E-state index in [-0.39, 0.29) is 17.9 Å². The van der Waals surface area contributed by atoms with Crippen LogP contribution in [0, 0.1) is 5.92 Å². The number of hydrogen-bond donors (Lipinski definition) is 1. The van der Waals surface area contributed by atoms with Crippen LogP contribution in [0.15, 0.2) is 27.1 Å². The summed E-state index contributed by atoms with van der Waals surface area (Å²) in [6, 6.07) is 4.30. The van der Waals surface area contributed by atoms with Gasteiger partial charge >= 0.3 is 5.69 Å². The molecule has 1 atom stereocenters. The van der Waals surface area contributed by atoms with Crippen molar-refractivity contribution in [3.63, 3.8) is 0 Å². The van der Waals surface area contributed by atoms with Gasteiger partial charge in [0.1, 0.15) is 5.82 Å². The molecule has 1 N–H and O–H groups in total. The van der Waals surface area contributed by atoms with Crippen LogP contribution >= 0.6 is 11.3 Å². The molecular weight excluding hydrogens is 438 g/mol. The van der Waals surface area contributed by atoms with Crippen molar-refractivity contribution in [3.8, 4) is 0 Å². The molecule has 1 amide bonds. The van der Waals surface area contributed by atoms with Crippen molar-refractivity contribution in [2.45, 2.75) is 78.4 Å². The first-order valence-electron chi connectivity index (χ1n) is 12.0. The molecule has 0 spiro atoms. The van der Waals surface area contributed by atoms with Crippen molar-refractivity contribution in [3.05, 3.63) is 49.1 Å². The summed E-state index contributed by atoms with van der Waals surface area (Å²) >= 11 is 1.70. The van der Waals surface area contributed by atoms with Crippen LogP contribution in [0.3, 0.4) is 0 Å². The number of nitrogens with one attached hydrogen (secondary N) is 1. The molecule has 4 heterocycles. The van der Waals surface area contributed by atoms with E-state index in [4.69, 9.17) is 4.98 Å². The van der Waals surface area contributed by atoms with Crippen LogP contribution in [-0.4, -0.2) is 36.5 Å². The van der Waals surface area contributed by atoms with E-state index < -0.39 is 11.2 Å².